The van der Waals surface area contributed by atoms with Gasteiger partial charge in [0.15, 0.2) is 0 Å². The van der Waals surface area contributed by atoms with Crippen LogP contribution in [0.3, 0.4) is 0 Å². The van der Waals surface area contributed by atoms with Gasteiger partial charge in [-0.15, -0.1) is 0 Å². The molecule has 1 aromatic heterocycles. The Morgan fingerprint density at radius 1 is 0.886 bits per heavy atom. The predicted octanol–water partition coefficient (Wildman–Crippen LogP) is 5.42. The largest absolute Gasteiger partial charge is 0.491 e. The fourth-order valence-electron chi connectivity index (χ4n) is 4.39. The number of rotatable bonds is 8. The summed E-state index contributed by atoms with van der Waals surface area (Å²) in [7, 11) is 0. The van der Waals surface area contributed by atoms with Gasteiger partial charge in [-0.05, 0) is 45.4 Å². The number of carbonyl (C=O) groups excluding carboxylic acids is 1. The Bertz CT molecular complexity index is 1120. The van der Waals surface area contributed by atoms with E-state index in [1.54, 1.807) is 6.20 Å². The number of ether oxygens (including phenoxy) is 2. The van der Waals surface area contributed by atoms with Crippen LogP contribution in [0.1, 0.15) is 43.6 Å². The number of para-hydroxylation sites is 1. The van der Waals surface area contributed by atoms with E-state index in [0.717, 1.165) is 49.6 Å². The fraction of sp³-hybridized carbons (Fsp3) is 0.379. The molecule has 184 valence electrons. The highest BCUT2D eigenvalue weighted by atomic mass is 16.5. The normalized spacial score (nSPS) is 14.4. The van der Waals surface area contributed by atoms with Crippen molar-refractivity contribution in [1.82, 2.24) is 9.88 Å². The molecule has 1 fully saturated rings. The van der Waals surface area contributed by atoms with Crippen LogP contribution in [0.4, 0.5) is 5.82 Å². The first-order valence-corrected chi connectivity index (χ1v) is 12.4. The van der Waals surface area contributed by atoms with E-state index in [-0.39, 0.29) is 18.2 Å². The summed E-state index contributed by atoms with van der Waals surface area (Å²) in [4.78, 5) is 22.5. The summed E-state index contributed by atoms with van der Waals surface area (Å²) >= 11 is 0. The smallest absolute Gasteiger partial charge is 0.342 e. The Morgan fingerprint density at radius 3 is 2.26 bits per heavy atom. The lowest BCUT2D eigenvalue weighted by atomic mass is 10.00. The topological polar surface area (TPSA) is 54.9 Å². The molecular weight excluding hydrogens is 438 g/mol. The molecule has 1 aliphatic rings. The van der Waals surface area contributed by atoms with Gasteiger partial charge in [-0.1, -0.05) is 48.5 Å². The number of benzene rings is 2. The number of piperazine rings is 1. The maximum Gasteiger partial charge on any atom is 0.342 e. The van der Waals surface area contributed by atoms with Crippen LogP contribution in [0.5, 0.6) is 5.75 Å². The number of nitrogens with zero attached hydrogens (tertiary/aromatic N) is 3. The zero-order valence-electron chi connectivity index (χ0n) is 21.1. The van der Waals surface area contributed by atoms with Gasteiger partial charge < -0.3 is 14.4 Å². The second-order valence-corrected chi connectivity index (χ2v) is 9.41. The van der Waals surface area contributed by atoms with Crippen molar-refractivity contribution in [2.45, 2.75) is 46.4 Å². The summed E-state index contributed by atoms with van der Waals surface area (Å²) in [5, 5.41) is 0. The molecule has 2 aromatic carbocycles. The third-order valence-electron chi connectivity index (χ3n) is 5.96. The quantitative estimate of drug-likeness (QED) is 0.407. The highest BCUT2D eigenvalue weighted by Crippen LogP contribution is 2.32. The second kappa shape index (κ2) is 11.4. The van der Waals surface area contributed by atoms with Gasteiger partial charge in [0.05, 0.1) is 12.2 Å². The van der Waals surface area contributed by atoms with Gasteiger partial charge in [-0.2, -0.15) is 0 Å². The Kier molecular flexibility index (Phi) is 8.03. The molecular formula is C29H35N3O3. The average Bonchev–Trinajstić information content (AvgIpc) is 2.85. The lowest BCUT2D eigenvalue weighted by Gasteiger charge is -2.36. The molecule has 0 spiro atoms. The zero-order valence-corrected chi connectivity index (χ0v) is 21.1. The van der Waals surface area contributed by atoms with Crippen LogP contribution in [-0.4, -0.2) is 54.2 Å². The van der Waals surface area contributed by atoms with Crippen molar-refractivity contribution >= 4 is 11.8 Å². The summed E-state index contributed by atoms with van der Waals surface area (Å²) in [5.41, 5.74) is 3.56. The number of carbonyl (C=O) groups is 1. The Balaban J connectivity index is 1.54. The van der Waals surface area contributed by atoms with Gasteiger partial charge in [0.1, 0.15) is 17.1 Å². The average molecular weight is 474 g/mol. The van der Waals surface area contributed by atoms with E-state index in [9.17, 15) is 4.79 Å². The minimum atomic E-state index is -0.329. The van der Waals surface area contributed by atoms with Gasteiger partial charge in [0.25, 0.3) is 0 Å². The molecule has 0 amide bonds. The van der Waals surface area contributed by atoms with Gasteiger partial charge in [-0.3, -0.25) is 4.90 Å². The number of aromatic nitrogens is 1. The van der Waals surface area contributed by atoms with Crippen LogP contribution >= 0.6 is 0 Å². The molecule has 6 heteroatoms. The number of esters is 1. The van der Waals surface area contributed by atoms with Crippen molar-refractivity contribution in [3.63, 3.8) is 0 Å². The Hall–Kier alpha value is -3.38. The molecule has 0 N–H and O–H groups in total. The molecule has 0 bridgehead atoms. The fourth-order valence-corrected chi connectivity index (χ4v) is 4.39. The molecule has 0 aliphatic carbocycles. The molecule has 0 radical (unpaired) electrons. The Labute approximate surface area is 208 Å². The summed E-state index contributed by atoms with van der Waals surface area (Å²) in [5.74, 6) is 1.31. The summed E-state index contributed by atoms with van der Waals surface area (Å²) in [6.07, 6.45) is 1.72. The van der Waals surface area contributed by atoms with E-state index in [2.05, 4.69) is 26.9 Å². The molecule has 0 saturated carbocycles. The zero-order chi connectivity index (χ0) is 24.8. The molecule has 0 unspecified atom stereocenters. The van der Waals surface area contributed by atoms with Crippen molar-refractivity contribution in [1.29, 1.82) is 0 Å². The first-order valence-electron chi connectivity index (χ1n) is 12.4. The summed E-state index contributed by atoms with van der Waals surface area (Å²) < 4.78 is 11.7. The standard InChI is InChI=1S/C29H35N3O3/c1-21(2)34-26-13-9-8-12-24(26)20-31-16-18-32(19-17-31)28-27(29(33)35-22(3)4)25(14-15-30-28)23-10-6-5-7-11-23/h5-15,21-22H,16-20H2,1-4H3. The highest BCUT2D eigenvalue weighted by Gasteiger charge is 2.27. The van der Waals surface area contributed by atoms with Crippen LogP contribution < -0.4 is 9.64 Å². The summed E-state index contributed by atoms with van der Waals surface area (Å²) in [6, 6.07) is 20.1. The number of hydrogen-bond donors (Lipinski definition) is 0. The maximum atomic E-state index is 13.2. The third kappa shape index (κ3) is 6.20. The molecule has 2 heterocycles. The van der Waals surface area contributed by atoms with E-state index in [1.807, 2.05) is 76.2 Å². The van der Waals surface area contributed by atoms with Crippen molar-refractivity contribution in [2.24, 2.45) is 0 Å². The SMILES string of the molecule is CC(C)OC(=O)c1c(-c2ccccc2)ccnc1N1CCN(Cc2ccccc2OC(C)C)CC1. The van der Waals surface area contributed by atoms with Crippen molar-refractivity contribution in [3.05, 3.63) is 78.0 Å². The molecule has 35 heavy (non-hydrogen) atoms. The Morgan fingerprint density at radius 2 is 1.57 bits per heavy atom. The van der Waals surface area contributed by atoms with E-state index < -0.39 is 0 Å². The van der Waals surface area contributed by atoms with Gasteiger partial charge >= 0.3 is 5.97 Å². The molecule has 1 aliphatic heterocycles. The van der Waals surface area contributed by atoms with Crippen LogP contribution in [-0.2, 0) is 11.3 Å². The molecule has 1 saturated heterocycles. The molecule has 4 rings (SSSR count). The predicted molar refractivity (Wildman–Crippen MR) is 140 cm³/mol. The molecule has 0 atom stereocenters. The van der Waals surface area contributed by atoms with Gasteiger partial charge in [0.2, 0.25) is 0 Å². The number of pyridine rings is 1. The minimum absolute atomic E-state index is 0.139. The van der Waals surface area contributed by atoms with Gasteiger partial charge in [-0.25, -0.2) is 9.78 Å². The maximum absolute atomic E-state index is 13.2. The molecule has 6 nitrogen and oxygen atoms in total. The van der Waals surface area contributed by atoms with Crippen LogP contribution in [0, 0.1) is 0 Å². The highest BCUT2D eigenvalue weighted by molar-refractivity contribution is 6.02. The van der Waals surface area contributed by atoms with Crippen molar-refractivity contribution in [3.8, 4) is 16.9 Å². The number of anilines is 1. The second-order valence-electron chi connectivity index (χ2n) is 9.41. The van der Waals surface area contributed by atoms with Gasteiger partial charge in [0, 0.05) is 50.0 Å². The van der Waals surface area contributed by atoms with Crippen LogP contribution in [0.15, 0.2) is 66.9 Å². The first kappa shape index (κ1) is 24.7. The first-order chi connectivity index (χ1) is 16.9. The van der Waals surface area contributed by atoms with Crippen molar-refractivity contribution in [2.75, 3.05) is 31.1 Å². The van der Waals surface area contributed by atoms with Crippen LogP contribution in [0.25, 0.3) is 11.1 Å². The van der Waals surface area contributed by atoms with E-state index in [4.69, 9.17) is 9.47 Å². The van der Waals surface area contributed by atoms with E-state index in [0.29, 0.717) is 11.4 Å². The van der Waals surface area contributed by atoms with E-state index >= 15 is 0 Å². The lowest BCUT2D eigenvalue weighted by molar-refractivity contribution is 0.0379. The number of hydrogen-bond acceptors (Lipinski definition) is 6. The van der Waals surface area contributed by atoms with E-state index in [1.165, 1.54) is 5.56 Å². The molecule has 3 aromatic rings. The lowest BCUT2D eigenvalue weighted by Crippen LogP contribution is -2.46. The van der Waals surface area contributed by atoms with Crippen molar-refractivity contribution < 1.29 is 14.3 Å². The summed E-state index contributed by atoms with van der Waals surface area (Å²) in [6.45, 7) is 12.0. The van der Waals surface area contributed by atoms with Crippen LogP contribution in [0.2, 0.25) is 0 Å². The minimum Gasteiger partial charge on any atom is -0.491 e. The third-order valence-corrected chi connectivity index (χ3v) is 5.96. The monoisotopic (exact) mass is 473 g/mol.